The van der Waals surface area contributed by atoms with Gasteiger partial charge < -0.3 is 10.1 Å². The second-order valence-corrected chi connectivity index (χ2v) is 11.5. The van der Waals surface area contributed by atoms with Gasteiger partial charge in [0.15, 0.2) is 16.4 Å². The zero-order valence-corrected chi connectivity index (χ0v) is 22.0. The Balaban J connectivity index is 1.85. The van der Waals surface area contributed by atoms with Crippen molar-refractivity contribution in [1.29, 1.82) is 0 Å². The summed E-state index contributed by atoms with van der Waals surface area (Å²) in [6.07, 6.45) is -0.317. The molecule has 0 atom stereocenters. The summed E-state index contributed by atoms with van der Waals surface area (Å²) < 4.78 is 32.2. The van der Waals surface area contributed by atoms with Crippen molar-refractivity contribution in [1.82, 2.24) is 0 Å². The lowest BCUT2D eigenvalue weighted by Crippen LogP contribution is -2.23. The third kappa shape index (κ3) is 7.09. The molecule has 2 aromatic carbocycles. The molecule has 6 nitrogen and oxygen atoms in total. The van der Waals surface area contributed by atoms with Gasteiger partial charge in [0.1, 0.15) is 0 Å². The zero-order valence-electron chi connectivity index (χ0n) is 14.7. The number of hydrogen-bond acceptors (Lipinski definition) is 5. The lowest BCUT2D eigenvalue weighted by atomic mass is 10.2. The van der Waals surface area contributed by atoms with Crippen LogP contribution in [0.2, 0.25) is 0 Å². The van der Waals surface area contributed by atoms with Gasteiger partial charge in [0.25, 0.3) is 5.91 Å². The van der Waals surface area contributed by atoms with E-state index >= 15 is 0 Å². The minimum absolute atomic E-state index is 0.159. The van der Waals surface area contributed by atoms with E-state index in [4.69, 9.17) is 4.74 Å². The number of aryl methyl sites for hydroxylation is 1. The molecule has 1 amide bonds. The fourth-order valence-corrected chi connectivity index (χ4v) is 7.21. The highest BCUT2D eigenvalue weighted by Crippen LogP contribution is 2.27. The molecule has 1 N–H and O–H groups in total. The Kier molecular flexibility index (Phi) is 8.94. The van der Waals surface area contributed by atoms with Crippen LogP contribution < -0.4 is 5.32 Å². The van der Waals surface area contributed by atoms with Crippen LogP contribution in [0, 0.1) is 17.6 Å². The Morgan fingerprint density at radius 3 is 2.18 bits per heavy atom. The molecule has 0 saturated heterocycles. The molecule has 0 aliphatic heterocycles. The van der Waals surface area contributed by atoms with Gasteiger partial charge in [-0.1, -0.05) is 17.7 Å². The molecule has 0 aliphatic carbocycles. The summed E-state index contributed by atoms with van der Waals surface area (Å²) in [6.45, 7) is 1.39. The van der Waals surface area contributed by atoms with Crippen molar-refractivity contribution in [2.45, 2.75) is 18.2 Å². The zero-order chi connectivity index (χ0) is 20.9. The first kappa shape index (κ1) is 23.8. The summed E-state index contributed by atoms with van der Waals surface area (Å²) in [4.78, 5) is 24.0. The van der Waals surface area contributed by atoms with E-state index in [0.717, 1.165) is 16.3 Å². The second kappa shape index (κ2) is 10.5. The van der Waals surface area contributed by atoms with Gasteiger partial charge in [0, 0.05) is 10.7 Å². The molecule has 2 rings (SSSR count). The van der Waals surface area contributed by atoms with E-state index in [1.54, 1.807) is 12.1 Å². The van der Waals surface area contributed by atoms with E-state index < -0.39 is 28.3 Å². The van der Waals surface area contributed by atoms with Gasteiger partial charge in [-0.3, -0.25) is 9.59 Å². The van der Waals surface area contributed by atoms with Gasteiger partial charge in [-0.05, 0) is 99.0 Å². The number of rotatable bonds is 7. The van der Waals surface area contributed by atoms with Crippen LogP contribution in [0.5, 0.6) is 0 Å². The summed E-state index contributed by atoms with van der Waals surface area (Å²) in [6, 6.07) is 10.2. The first-order chi connectivity index (χ1) is 13.1. The Bertz CT molecular complexity index is 968. The van der Waals surface area contributed by atoms with Gasteiger partial charge in [-0.2, -0.15) is 0 Å². The largest absolute Gasteiger partial charge is 0.456 e. The van der Waals surface area contributed by atoms with Gasteiger partial charge in [0.05, 0.1) is 22.8 Å². The molecule has 2 aromatic rings. The van der Waals surface area contributed by atoms with Crippen LogP contribution in [0.25, 0.3) is 0 Å². The Morgan fingerprint density at radius 2 is 1.61 bits per heavy atom. The fourth-order valence-electron chi connectivity index (χ4n) is 2.14. The molecule has 0 radical (unpaired) electrons. The number of sulfone groups is 1. The van der Waals surface area contributed by atoms with Crippen LogP contribution in [0.15, 0.2) is 41.3 Å². The molecule has 0 spiro atoms. The van der Waals surface area contributed by atoms with Crippen molar-refractivity contribution in [2.75, 3.05) is 17.7 Å². The predicted molar refractivity (Wildman–Crippen MR) is 132 cm³/mol. The van der Waals surface area contributed by atoms with E-state index in [9.17, 15) is 18.0 Å². The third-order valence-electron chi connectivity index (χ3n) is 3.59. The number of amides is 1. The average molecular weight is 739 g/mol. The number of anilines is 1. The molecule has 0 aliphatic rings. The van der Waals surface area contributed by atoms with E-state index in [1.807, 2.05) is 19.1 Å². The van der Waals surface area contributed by atoms with Crippen LogP contribution in [0.4, 0.5) is 5.69 Å². The van der Waals surface area contributed by atoms with Crippen LogP contribution in [-0.4, -0.2) is 32.7 Å². The smallest absolute Gasteiger partial charge is 0.307 e. The predicted octanol–water partition coefficient (Wildman–Crippen LogP) is 4.15. The summed E-state index contributed by atoms with van der Waals surface area (Å²) in [7, 11) is -3.58. The number of esters is 1. The molecule has 10 heteroatoms. The number of halogens is 3. The third-order valence-corrected chi connectivity index (χ3v) is 7.65. The van der Waals surface area contributed by atoms with Crippen molar-refractivity contribution >= 4 is 95.2 Å². The highest BCUT2D eigenvalue weighted by atomic mass is 127. The fraction of sp³-hybridized carbons (Fsp3) is 0.222. The first-order valence-corrected chi connectivity index (χ1v) is 12.9. The van der Waals surface area contributed by atoms with Gasteiger partial charge in [-0.25, -0.2) is 8.42 Å². The summed E-state index contributed by atoms with van der Waals surface area (Å²) in [5.74, 6) is -1.59. The summed E-state index contributed by atoms with van der Waals surface area (Å²) in [5.41, 5.74) is 1.60. The number of ether oxygens (including phenoxy) is 1. The lowest BCUT2D eigenvalue weighted by Gasteiger charge is -2.11. The molecule has 0 bridgehead atoms. The monoisotopic (exact) mass is 739 g/mol. The standard InChI is InChI=1S/C18H16I3NO5S/c1-11-2-4-13(5-3-11)28(25,26)7-6-17(24)27-10-16(23)22-18-14(20)8-12(19)9-15(18)21/h2-5,8-9H,6-7,10H2,1H3,(H,22,23). The number of nitrogens with one attached hydrogen (secondary N) is 1. The minimum Gasteiger partial charge on any atom is -0.456 e. The molecular weight excluding hydrogens is 723 g/mol. The Hall–Kier alpha value is -0.480. The molecular formula is C18H16I3NO5S. The number of carbonyl (C=O) groups is 2. The Labute approximate surface area is 204 Å². The van der Waals surface area contributed by atoms with Crippen LogP contribution in [0.1, 0.15) is 12.0 Å². The summed E-state index contributed by atoms with van der Waals surface area (Å²) in [5, 5.41) is 2.71. The molecule has 0 fully saturated rings. The number of benzene rings is 2. The Morgan fingerprint density at radius 1 is 1.04 bits per heavy atom. The average Bonchev–Trinajstić information content (AvgIpc) is 2.61. The summed E-state index contributed by atoms with van der Waals surface area (Å²) >= 11 is 6.42. The number of hydrogen-bond donors (Lipinski definition) is 1. The second-order valence-electron chi connectivity index (χ2n) is 5.84. The van der Waals surface area contributed by atoms with Crippen LogP contribution >= 0.6 is 67.8 Å². The van der Waals surface area contributed by atoms with Gasteiger partial charge in [0.2, 0.25) is 0 Å². The van der Waals surface area contributed by atoms with Crippen molar-refractivity contribution in [3.05, 3.63) is 52.7 Å². The number of carbonyl (C=O) groups excluding carboxylic acids is 2. The van der Waals surface area contributed by atoms with E-state index in [0.29, 0.717) is 5.69 Å². The molecule has 0 unspecified atom stereocenters. The van der Waals surface area contributed by atoms with Crippen LogP contribution in [-0.2, 0) is 24.2 Å². The lowest BCUT2D eigenvalue weighted by molar-refractivity contribution is -0.146. The highest BCUT2D eigenvalue weighted by Gasteiger charge is 2.18. The van der Waals surface area contributed by atoms with Crippen molar-refractivity contribution < 1.29 is 22.7 Å². The maximum Gasteiger partial charge on any atom is 0.307 e. The molecule has 0 heterocycles. The van der Waals surface area contributed by atoms with E-state index in [2.05, 4.69) is 73.1 Å². The first-order valence-electron chi connectivity index (χ1n) is 7.98. The van der Waals surface area contributed by atoms with E-state index in [-0.39, 0.29) is 17.1 Å². The maximum absolute atomic E-state index is 12.2. The SMILES string of the molecule is Cc1ccc(S(=O)(=O)CCC(=O)OCC(=O)Nc2c(I)cc(I)cc2I)cc1. The van der Waals surface area contributed by atoms with Crippen LogP contribution in [0.3, 0.4) is 0 Å². The normalized spacial score (nSPS) is 11.1. The maximum atomic E-state index is 12.2. The van der Waals surface area contributed by atoms with Crippen molar-refractivity contribution in [3.63, 3.8) is 0 Å². The topological polar surface area (TPSA) is 89.5 Å². The molecule has 28 heavy (non-hydrogen) atoms. The van der Waals surface area contributed by atoms with Crippen molar-refractivity contribution in [2.24, 2.45) is 0 Å². The highest BCUT2D eigenvalue weighted by molar-refractivity contribution is 14.1. The molecule has 150 valence electrons. The molecule has 0 aromatic heterocycles. The van der Waals surface area contributed by atoms with Gasteiger partial charge in [-0.15, -0.1) is 0 Å². The quantitative estimate of drug-likeness (QED) is 0.341. The molecule has 0 saturated carbocycles. The van der Waals surface area contributed by atoms with Crippen molar-refractivity contribution in [3.8, 4) is 0 Å². The van der Waals surface area contributed by atoms with E-state index in [1.165, 1.54) is 12.1 Å². The minimum atomic E-state index is -3.58. The van der Waals surface area contributed by atoms with Gasteiger partial charge >= 0.3 is 5.97 Å².